The van der Waals surface area contributed by atoms with E-state index < -0.39 is 7.82 Å². The summed E-state index contributed by atoms with van der Waals surface area (Å²) in [6.45, 7) is 3.06. The molecular formula is C3H18N3O5P. The SMILES string of the molecule is CC(C)=O.O=P([O-])([O-])[O-].[NH4+].[NH4+].[NH4+]. The second kappa shape index (κ2) is 13.3. The second-order valence-electron chi connectivity index (χ2n) is 1.36. The maximum absolute atomic E-state index is 9.44. The van der Waals surface area contributed by atoms with Crippen LogP contribution >= 0.6 is 7.82 Å². The molecule has 0 radical (unpaired) electrons. The van der Waals surface area contributed by atoms with Gasteiger partial charge >= 0.3 is 0 Å². The first-order valence-corrected chi connectivity index (χ1v) is 3.40. The highest BCUT2D eigenvalue weighted by Gasteiger charge is 1.62. The first kappa shape index (κ1) is 29.9. The molecule has 0 spiro atoms. The number of Topliss-reactive ketones (excluding diaryl/α,β-unsaturated/α-hetero) is 1. The molecule has 8 nitrogen and oxygen atoms in total. The molecule has 0 fully saturated rings. The lowest BCUT2D eigenvalue weighted by molar-refractivity contribution is -0.432. The van der Waals surface area contributed by atoms with Crippen LogP contribution in [0.15, 0.2) is 0 Å². The molecule has 0 aromatic heterocycles. The molecule has 0 atom stereocenters. The van der Waals surface area contributed by atoms with E-state index in [-0.39, 0.29) is 24.2 Å². The molecule has 0 aromatic rings. The van der Waals surface area contributed by atoms with Crippen LogP contribution in [0.25, 0.3) is 0 Å². The zero-order chi connectivity index (χ0) is 8.08. The summed E-state index contributed by atoms with van der Waals surface area (Å²) in [6.07, 6.45) is 0. The highest BCUT2D eigenvalue weighted by atomic mass is 31.2. The largest absolute Gasteiger partial charge is 0.822 e. The molecule has 0 unspecified atom stereocenters. The summed E-state index contributed by atoms with van der Waals surface area (Å²) >= 11 is 0. The van der Waals surface area contributed by atoms with Crippen LogP contribution in [0.3, 0.4) is 0 Å². The Labute approximate surface area is 71.0 Å². The van der Waals surface area contributed by atoms with Gasteiger partial charge in [-0.1, -0.05) is 0 Å². The average molecular weight is 207 g/mol. The van der Waals surface area contributed by atoms with E-state index in [9.17, 15) is 4.79 Å². The van der Waals surface area contributed by atoms with E-state index >= 15 is 0 Å². The molecule has 0 rings (SSSR count). The Kier molecular flexibility index (Phi) is 33.0. The van der Waals surface area contributed by atoms with Gasteiger partial charge in [0.05, 0.1) is 0 Å². The van der Waals surface area contributed by atoms with Gasteiger partial charge in [-0.2, -0.15) is 7.82 Å². The third-order valence-corrected chi connectivity index (χ3v) is 0. The molecule has 0 aromatic carbocycles. The van der Waals surface area contributed by atoms with Crippen molar-refractivity contribution in [3.05, 3.63) is 0 Å². The van der Waals surface area contributed by atoms with Crippen LogP contribution in [0.4, 0.5) is 0 Å². The van der Waals surface area contributed by atoms with E-state index in [0.29, 0.717) is 0 Å². The number of quaternary nitrogens is 3. The summed E-state index contributed by atoms with van der Waals surface area (Å²) in [5, 5.41) is 0. The Morgan fingerprint density at radius 3 is 1.00 bits per heavy atom. The number of carbonyl (C=O) groups is 1. The fourth-order valence-corrected chi connectivity index (χ4v) is 0. The molecule has 9 heteroatoms. The van der Waals surface area contributed by atoms with Crippen LogP contribution < -0.4 is 33.1 Å². The minimum absolute atomic E-state index is 0. The van der Waals surface area contributed by atoms with Gasteiger partial charge in [0, 0.05) is 0 Å². The molecule has 0 aliphatic rings. The van der Waals surface area contributed by atoms with Gasteiger partial charge in [0.25, 0.3) is 0 Å². The zero-order valence-corrected chi connectivity index (χ0v) is 8.88. The number of phosphoric acid groups is 1. The van der Waals surface area contributed by atoms with E-state index in [1.165, 1.54) is 13.8 Å². The van der Waals surface area contributed by atoms with Gasteiger partial charge in [0.2, 0.25) is 0 Å². The van der Waals surface area contributed by atoms with Crippen molar-refractivity contribution in [2.45, 2.75) is 13.8 Å². The van der Waals surface area contributed by atoms with E-state index in [4.69, 9.17) is 19.2 Å². The monoisotopic (exact) mass is 207 g/mol. The summed E-state index contributed by atoms with van der Waals surface area (Å²) < 4.78 is 8.55. The van der Waals surface area contributed by atoms with Crippen molar-refractivity contribution in [3.8, 4) is 0 Å². The van der Waals surface area contributed by atoms with Crippen molar-refractivity contribution in [2.24, 2.45) is 0 Å². The molecule has 80 valence electrons. The lowest BCUT2D eigenvalue weighted by Gasteiger charge is -2.36. The average Bonchev–Trinajstić information content (AvgIpc) is 1.19. The zero-order valence-electron chi connectivity index (χ0n) is 7.99. The van der Waals surface area contributed by atoms with Crippen LogP contribution in [0.2, 0.25) is 0 Å². The standard InChI is InChI=1S/C3H6O.3H3N.H3O4P/c1-3(2)4;;;;1-5(2,3)4/h1-2H3;3*1H3;(H3,1,2,3,4). The lowest BCUT2D eigenvalue weighted by Crippen LogP contribution is -2.24. The summed E-state index contributed by atoms with van der Waals surface area (Å²) in [5.74, 6) is 0.167. The highest BCUT2D eigenvalue weighted by molar-refractivity contribution is 7.40. The van der Waals surface area contributed by atoms with Gasteiger partial charge < -0.3 is 42.5 Å². The molecule has 0 heterocycles. The van der Waals surface area contributed by atoms with E-state index in [1.54, 1.807) is 0 Å². The topological polar surface area (TPSA) is 213 Å². The summed E-state index contributed by atoms with van der Waals surface area (Å²) in [5.41, 5.74) is 0. The third kappa shape index (κ3) is 6270. The second-order valence-corrected chi connectivity index (χ2v) is 2.25. The van der Waals surface area contributed by atoms with E-state index in [0.717, 1.165) is 0 Å². The molecule has 12 heavy (non-hydrogen) atoms. The third-order valence-electron chi connectivity index (χ3n) is 0. The minimum Gasteiger partial charge on any atom is -0.822 e. The predicted octanol–water partition coefficient (Wildman–Crippen LogP) is -1.10. The van der Waals surface area contributed by atoms with Crippen LogP contribution in [-0.4, -0.2) is 5.78 Å². The van der Waals surface area contributed by atoms with E-state index in [2.05, 4.69) is 0 Å². The number of ketones is 1. The Morgan fingerprint density at radius 2 is 1.00 bits per heavy atom. The molecule has 0 amide bonds. The van der Waals surface area contributed by atoms with Gasteiger partial charge in [-0.15, -0.1) is 0 Å². The van der Waals surface area contributed by atoms with Gasteiger partial charge in [-0.3, -0.25) is 0 Å². The Morgan fingerprint density at radius 1 is 1.00 bits per heavy atom. The minimum atomic E-state index is -5.39. The Balaban J connectivity index is -0.0000000221. The molecule has 0 aliphatic carbocycles. The highest BCUT2D eigenvalue weighted by Crippen LogP contribution is 2.03. The van der Waals surface area contributed by atoms with Crippen LogP contribution in [0.5, 0.6) is 0 Å². The first-order valence-electron chi connectivity index (χ1n) is 1.93. The predicted molar refractivity (Wildman–Crippen MR) is 41.9 cm³/mol. The molecule has 0 saturated carbocycles. The Hall–Kier alpha value is -0.340. The van der Waals surface area contributed by atoms with Crippen molar-refractivity contribution in [2.75, 3.05) is 0 Å². The molecule has 0 bridgehead atoms. The Bertz CT molecular complexity index is 122. The summed E-state index contributed by atoms with van der Waals surface area (Å²) in [7, 11) is -5.39. The van der Waals surface area contributed by atoms with Gasteiger partial charge in [-0.25, -0.2) is 0 Å². The number of rotatable bonds is 0. The van der Waals surface area contributed by atoms with Crippen molar-refractivity contribution in [3.63, 3.8) is 0 Å². The van der Waals surface area contributed by atoms with Crippen molar-refractivity contribution in [1.29, 1.82) is 0 Å². The normalized spacial score (nSPS) is 7.08. The first-order chi connectivity index (χ1) is 3.73. The number of hydrogen-bond acceptors (Lipinski definition) is 5. The van der Waals surface area contributed by atoms with Gasteiger partial charge in [-0.05, 0) is 13.8 Å². The number of carbonyl (C=O) groups excluding carboxylic acids is 1. The fraction of sp³-hybridized carbons (Fsp3) is 0.667. The molecule has 0 saturated heterocycles. The molecule has 12 N–H and O–H groups in total. The van der Waals surface area contributed by atoms with Crippen LogP contribution in [0, 0.1) is 0 Å². The van der Waals surface area contributed by atoms with Crippen molar-refractivity contribution >= 4 is 13.6 Å². The quantitative estimate of drug-likeness (QED) is 0.420. The van der Waals surface area contributed by atoms with Gasteiger partial charge in [0.1, 0.15) is 5.78 Å². The molecular weight excluding hydrogens is 189 g/mol. The molecule has 0 aliphatic heterocycles. The van der Waals surface area contributed by atoms with Crippen LogP contribution in [-0.2, 0) is 9.36 Å². The van der Waals surface area contributed by atoms with Crippen molar-refractivity contribution < 1.29 is 24.0 Å². The van der Waals surface area contributed by atoms with Gasteiger partial charge in [0.15, 0.2) is 0 Å². The maximum Gasteiger partial charge on any atom is 0.126 e. The maximum atomic E-state index is 9.44. The van der Waals surface area contributed by atoms with E-state index in [1.807, 2.05) is 0 Å². The fourth-order valence-electron chi connectivity index (χ4n) is 0. The van der Waals surface area contributed by atoms with Crippen molar-refractivity contribution in [1.82, 2.24) is 18.5 Å². The lowest BCUT2D eigenvalue weighted by atomic mass is 10.6. The summed E-state index contributed by atoms with van der Waals surface area (Å²) in [6, 6.07) is 0. The smallest absolute Gasteiger partial charge is 0.126 e. The number of hydrogen-bond donors (Lipinski definition) is 3. The van der Waals surface area contributed by atoms with Crippen LogP contribution in [0.1, 0.15) is 13.8 Å². The summed E-state index contributed by atoms with van der Waals surface area (Å²) in [4.78, 5) is 35.1.